The molecule has 0 aliphatic heterocycles. The summed E-state index contributed by atoms with van der Waals surface area (Å²) >= 11 is 5.84. The summed E-state index contributed by atoms with van der Waals surface area (Å²) in [5.74, 6) is 2.14. The minimum absolute atomic E-state index is 0.122. The van der Waals surface area contributed by atoms with Crippen molar-refractivity contribution >= 4 is 17.5 Å². The summed E-state index contributed by atoms with van der Waals surface area (Å²) in [6.07, 6.45) is 0.770. The van der Waals surface area contributed by atoms with E-state index in [2.05, 4.69) is 10.3 Å². The van der Waals surface area contributed by atoms with Crippen molar-refractivity contribution in [1.29, 1.82) is 5.26 Å². The van der Waals surface area contributed by atoms with Crippen LogP contribution in [0.4, 0.5) is 5.88 Å². The van der Waals surface area contributed by atoms with Gasteiger partial charge in [-0.05, 0) is 48.4 Å². The van der Waals surface area contributed by atoms with Gasteiger partial charge in [0.2, 0.25) is 17.5 Å². The summed E-state index contributed by atoms with van der Waals surface area (Å²) < 4.78 is 16.3. The van der Waals surface area contributed by atoms with E-state index in [-0.39, 0.29) is 12.3 Å². The lowest BCUT2D eigenvalue weighted by Gasteiger charge is -2.05. The summed E-state index contributed by atoms with van der Waals surface area (Å²) in [5, 5.41) is 13.0. The van der Waals surface area contributed by atoms with Crippen molar-refractivity contribution in [2.45, 2.75) is 13.0 Å². The zero-order valence-corrected chi connectivity index (χ0v) is 15.5. The van der Waals surface area contributed by atoms with E-state index in [1.165, 1.54) is 0 Å². The number of rotatable bonds is 8. The first-order valence-electron chi connectivity index (χ1n) is 8.33. The SMILES string of the molecule is COc1ccc(CCNc2oc(COc3ccc(Cl)cc3)nc2C#N)cc1. The maximum atomic E-state index is 9.24. The van der Waals surface area contributed by atoms with E-state index < -0.39 is 0 Å². The van der Waals surface area contributed by atoms with Crippen molar-refractivity contribution in [3.05, 3.63) is 70.7 Å². The average molecular weight is 384 g/mol. The van der Waals surface area contributed by atoms with E-state index in [4.69, 9.17) is 25.5 Å². The van der Waals surface area contributed by atoms with Gasteiger partial charge in [0.1, 0.15) is 17.6 Å². The molecule has 7 heteroatoms. The molecule has 0 aliphatic rings. The summed E-state index contributed by atoms with van der Waals surface area (Å²) in [6.45, 7) is 0.726. The van der Waals surface area contributed by atoms with Crippen LogP contribution in [0.25, 0.3) is 0 Å². The topological polar surface area (TPSA) is 80.3 Å². The van der Waals surface area contributed by atoms with E-state index in [0.29, 0.717) is 29.1 Å². The number of nitriles is 1. The Labute approximate surface area is 162 Å². The number of oxazole rings is 1. The molecule has 0 bridgehead atoms. The number of methoxy groups -OCH3 is 1. The molecule has 0 radical (unpaired) electrons. The van der Waals surface area contributed by atoms with Gasteiger partial charge in [0, 0.05) is 11.6 Å². The molecule has 1 heterocycles. The normalized spacial score (nSPS) is 10.3. The zero-order chi connectivity index (χ0) is 19.1. The molecule has 0 unspecified atom stereocenters. The van der Waals surface area contributed by atoms with Crippen LogP contribution in [0.3, 0.4) is 0 Å². The minimum Gasteiger partial charge on any atom is -0.497 e. The smallest absolute Gasteiger partial charge is 0.236 e. The van der Waals surface area contributed by atoms with Crippen molar-refractivity contribution in [3.63, 3.8) is 0 Å². The standard InChI is InChI=1S/C20H18ClN3O3/c1-25-16-6-2-14(3-7-16)10-11-23-20-18(12-22)24-19(27-20)13-26-17-8-4-15(21)5-9-17/h2-9,23H,10-11,13H2,1H3. The molecule has 0 fully saturated rings. The first kappa shape index (κ1) is 18.6. The molecule has 1 aromatic heterocycles. The van der Waals surface area contributed by atoms with Crippen molar-refractivity contribution in [2.24, 2.45) is 0 Å². The highest BCUT2D eigenvalue weighted by molar-refractivity contribution is 6.30. The third kappa shape index (κ3) is 5.16. The number of aromatic nitrogens is 1. The Morgan fingerprint density at radius 2 is 1.81 bits per heavy atom. The fraction of sp³-hybridized carbons (Fsp3) is 0.200. The van der Waals surface area contributed by atoms with Crippen molar-refractivity contribution in [2.75, 3.05) is 19.0 Å². The highest BCUT2D eigenvalue weighted by Gasteiger charge is 2.13. The first-order chi connectivity index (χ1) is 13.2. The van der Waals surface area contributed by atoms with Crippen LogP contribution in [0.1, 0.15) is 17.1 Å². The monoisotopic (exact) mass is 383 g/mol. The molecule has 0 aliphatic carbocycles. The molecular formula is C20H18ClN3O3. The predicted octanol–water partition coefficient (Wildman–Crippen LogP) is 4.44. The summed E-state index contributed by atoms with van der Waals surface area (Å²) in [5.41, 5.74) is 1.35. The van der Waals surface area contributed by atoms with E-state index in [1.54, 1.807) is 31.4 Å². The van der Waals surface area contributed by atoms with E-state index in [1.807, 2.05) is 30.3 Å². The number of halogens is 1. The van der Waals surface area contributed by atoms with Gasteiger partial charge in [0.05, 0.1) is 7.11 Å². The minimum atomic E-state index is 0.122. The largest absolute Gasteiger partial charge is 0.497 e. The number of anilines is 1. The predicted molar refractivity (Wildman–Crippen MR) is 102 cm³/mol. The first-order valence-corrected chi connectivity index (χ1v) is 8.70. The lowest BCUT2D eigenvalue weighted by Crippen LogP contribution is -2.05. The molecule has 0 atom stereocenters. The number of ether oxygens (including phenoxy) is 2. The maximum absolute atomic E-state index is 9.24. The number of nitrogens with one attached hydrogen (secondary N) is 1. The van der Waals surface area contributed by atoms with Crippen LogP contribution >= 0.6 is 11.6 Å². The van der Waals surface area contributed by atoms with Crippen LogP contribution in [0, 0.1) is 11.3 Å². The third-order valence-corrected chi connectivity index (χ3v) is 4.06. The van der Waals surface area contributed by atoms with Crippen LogP contribution in [0.2, 0.25) is 5.02 Å². The van der Waals surface area contributed by atoms with Crippen LogP contribution in [0.5, 0.6) is 11.5 Å². The molecule has 2 aromatic carbocycles. The molecule has 27 heavy (non-hydrogen) atoms. The molecule has 3 aromatic rings. The summed E-state index contributed by atoms with van der Waals surface area (Å²) in [7, 11) is 1.64. The Balaban J connectivity index is 1.55. The Bertz CT molecular complexity index is 915. The van der Waals surface area contributed by atoms with Crippen molar-refractivity contribution in [3.8, 4) is 17.6 Å². The van der Waals surface area contributed by atoms with Gasteiger partial charge in [-0.2, -0.15) is 10.2 Å². The van der Waals surface area contributed by atoms with Gasteiger partial charge in [0.25, 0.3) is 0 Å². The summed E-state index contributed by atoms with van der Waals surface area (Å²) in [6, 6.07) is 16.8. The molecule has 6 nitrogen and oxygen atoms in total. The van der Waals surface area contributed by atoms with E-state index in [0.717, 1.165) is 17.7 Å². The second-order valence-electron chi connectivity index (χ2n) is 5.66. The van der Waals surface area contributed by atoms with Gasteiger partial charge in [-0.25, -0.2) is 0 Å². The van der Waals surface area contributed by atoms with E-state index in [9.17, 15) is 5.26 Å². The molecule has 138 valence electrons. The second kappa shape index (κ2) is 8.97. The second-order valence-corrected chi connectivity index (χ2v) is 6.10. The van der Waals surface area contributed by atoms with Crippen LogP contribution in [-0.2, 0) is 13.0 Å². The lowest BCUT2D eigenvalue weighted by molar-refractivity contribution is 0.265. The summed E-state index contributed by atoms with van der Waals surface area (Å²) in [4.78, 5) is 4.15. The number of hydrogen-bond donors (Lipinski definition) is 1. The van der Waals surface area contributed by atoms with Crippen LogP contribution in [0.15, 0.2) is 52.9 Å². The van der Waals surface area contributed by atoms with E-state index >= 15 is 0 Å². The Kier molecular flexibility index (Phi) is 6.18. The van der Waals surface area contributed by atoms with Crippen molar-refractivity contribution in [1.82, 2.24) is 4.98 Å². The molecule has 0 saturated heterocycles. The van der Waals surface area contributed by atoms with Crippen LogP contribution in [-0.4, -0.2) is 18.6 Å². The lowest BCUT2D eigenvalue weighted by atomic mass is 10.1. The van der Waals surface area contributed by atoms with Crippen LogP contribution < -0.4 is 14.8 Å². The fourth-order valence-electron chi connectivity index (χ4n) is 2.41. The molecular weight excluding hydrogens is 366 g/mol. The Hall–Kier alpha value is -3.17. The number of nitrogens with zero attached hydrogens (tertiary/aromatic N) is 2. The average Bonchev–Trinajstić information content (AvgIpc) is 3.10. The van der Waals surface area contributed by atoms with Gasteiger partial charge < -0.3 is 19.2 Å². The molecule has 1 N–H and O–H groups in total. The highest BCUT2D eigenvalue weighted by atomic mass is 35.5. The van der Waals surface area contributed by atoms with Gasteiger partial charge >= 0.3 is 0 Å². The number of hydrogen-bond acceptors (Lipinski definition) is 6. The molecule has 0 amide bonds. The maximum Gasteiger partial charge on any atom is 0.236 e. The molecule has 3 rings (SSSR count). The third-order valence-electron chi connectivity index (χ3n) is 3.81. The van der Waals surface area contributed by atoms with Gasteiger partial charge in [-0.15, -0.1) is 0 Å². The molecule has 0 spiro atoms. The van der Waals surface area contributed by atoms with Gasteiger partial charge in [0.15, 0.2) is 6.61 Å². The molecule has 0 saturated carbocycles. The van der Waals surface area contributed by atoms with Crippen molar-refractivity contribution < 1.29 is 13.9 Å². The number of benzene rings is 2. The quantitative estimate of drug-likeness (QED) is 0.619. The zero-order valence-electron chi connectivity index (χ0n) is 14.7. The van der Waals surface area contributed by atoms with Gasteiger partial charge in [-0.1, -0.05) is 23.7 Å². The fourth-order valence-corrected chi connectivity index (χ4v) is 2.54. The Morgan fingerprint density at radius 1 is 1.11 bits per heavy atom. The highest BCUT2D eigenvalue weighted by Crippen LogP contribution is 2.20. The Morgan fingerprint density at radius 3 is 2.48 bits per heavy atom. The van der Waals surface area contributed by atoms with Gasteiger partial charge in [-0.3, -0.25) is 0 Å².